The molecule has 0 unspecified atom stereocenters. The molecule has 0 atom stereocenters. The van der Waals surface area contributed by atoms with Gasteiger partial charge in [-0.05, 0) is 72.8 Å². The van der Waals surface area contributed by atoms with Gasteiger partial charge in [0.05, 0.1) is 10.9 Å². The van der Waals surface area contributed by atoms with Crippen molar-refractivity contribution in [3.63, 3.8) is 0 Å². The van der Waals surface area contributed by atoms with Crippen LogP contribution in [0.2, 0.25) is 0 Å². The quantitative estimate of drug-likeness (QED) is 0.132. The highest BCUT2D eigenvalue weighted by molar-refractivity contribution is 7.97. The number of rotatable bonds is 9. The Balaban J connectivity index is 0.000000166. The van der Waals surface area contributed by atoms with Gasteiger partial charge in [0, 0.05) is 0 Å². The zero-order valence-electron chi connectivity index (χ0n) is 22.5. The molecule has 200 valence electrons. The molecule has 0 fully saturated rings. The van der Waals surface area contributed by atoms with Gasteiger partial charge in [0.1, 0.15) is 17.2 Å². The van der Waals surface area contributed by atoms with E-state index in [2.05, 4.69) is 91.0 Å². The van der Waals surface area contributed by atoms with Gasteiger partial charge in [-0.3, -0.25) is 0 Å². The Bertz CT molecular complexity index is 1350. The van der Waals surface area contributed by atoms with E-state index in [4.69, 9.17) is 14.0 Å². The van der Waals surface area contributed by atoms with Crippen LogP contribution in [-0.2, 0) is 10.9 Å². The lowest BCUT2D eigenvalue weighted by molar-refractivity contribution is 0.307. The second kappa shape index (κ2) is 15.1. The minimum Gasteiger partial charge on any atom is -0.490 e. The summed E-state index contributed by atoms with van der Waals surface area (Å²) in [5.41, 5.74) is 0. The molecule has 0 heterocycles. The van der Waals surface area contributed by atoms with Crippen LogP contribution in [0.3, 0.4) is 0 Å². The predicted octanol–water partition coefficient (Wildman–Crippen LogP) is 8.99. The van der Waals surface area contributed by atoms with Crippen molar-refractivity contribution in [1.29, 1.82) is 0 Å². The SMILES string of the molecule is c1ccc(OB(Oc2ccccc2)Oc2ccccc2)cc1.c1ccc([S+](c2ccccc2)c2ccccc2)cc1. The van der Waals surface area contributed by atoms with Gasteiger partial charge in [-0.2, -0.15) is 0 Å². The Morgan fingerprint density at radius 2 is 0.512 bits per heavy atom. The van der Waals surface area contributed by atoms with Gasteiger partial charge < -0.3 is 14.0 Å². The molecule has 0 N–H and O–H groups in total. The highest BCUT2D eigenvalue weighted by Gasteiger charge is 2.30. The van der Waals surface area contributed by atoms with Crippen molar-refractivity contribution in [2.45, 2.75) is 14.7 Å². The first kappa shape index (κ1) is 27.7. The van der Waals surface area contributed by atoms with Gasteiger partial charge in [0.25, 0.3) is 0 Å². The molecule has 3 nitrogen and oxygen atoms in total. The molecule has 0 aliphatic heterocycles. The van der Waals surface area contributed by atoms with E-state index in [0.717, 1.165) is 0 Å². The highest BCUT2D eigenvalue weighted by atomic mass is 32.2. The van der Waals surface area contributed by atoms with Gasteiger partial charge in [-0.1, -0.05) is 109 Å². The smallest absolute Gasteiger partial charge is 0.490 e. The standard InChI is InChI=1S/C18H15BO3.C18H15S/c1-4-10-16(11-5-1)20-19(21-17-12-6-2-7-13-17)22-18-14-8-3-9-15-18;1-4-10-16(11-5-1)19(17-12-6-2-7-13-17)18-14-8-3-9-15-18/h1-15H;1-15H/q;+1. The minimum absolute atomic E-state index is 0.0146. The van der Waals surface area contributed by atoms with Crippen molar-refractivity contribution in [1.82, 2.24) is 0 Å². The highest BCUT2D eigenvalue weighted by Crippen LogP contribution is 2.30. The van der Waals surface area contributed by atoms with Gasteiger partial charge in [0.2, 0.25) is 0 Å². The number of hydrogen-bond acceptors (Lipinski definition) is 3. The van der Waals surface area contributed by atoms with Crippen molar-refractivity contribution in [2.75, 3.05) is 0 Å². The van der Waals surface area contributed by atoms with Gasteiger partial charge in [-0.25, -0.2) is 0 Å². The monoisotopic (exact) mass is 553 g/mol. The van der Waals surface area contributed by atoms with Crippen LogP contribution in [0, 0.1) is 0 Å². The Morgan fingerprint density at radius 3 is 0.756 bits per heavy atom. The average molecular weight is 554 g/mol. The minimum atomic E-state index is -0.868. The fourth-order valence-electron chi connectivity index (χ4n) is 3.98. The molecule has 0 saturated heterocycles. The molecule has 6 aromatic rings. The zero-order valence-corrected chi connectivity index (χ0v) is 23.3. The third-order valence-electron chi connectivity index (χ3n) is 5.86. The number of benzene rings is 6. The molecule has 6 aromatic carbocycles. The maximum Gasteiger partial charge on any atom is 0.864 e. The van der Waals surface area contributed by atoms with E-state index in [0.29, 0.717) is 17.2 Å². The summed E-state index contributed by atoms with van der Waals surface area (Å²) in [5, 5.41) is 0. The Labute approximate surface area is 245 Å². The topological polar surface area (TPSA) is 27.7 Å². The molecule has 5 heteroatoms. The summed E-state index contributed by atoms with van der Waals surface area (Å²) in [6.45, 7) is 0. The largest absolute Gasteiger partial charge is 0.864 e. The third-order valence-corrected chi connectivity index (χ3v) is 8.09. The van der Waals surface area contributed by atoms with Crippen molar-refractivity contribution in [3.05, 3.63) is 182 Å². The maximum atomic E-state index is 5.78. The van der Waals surface area contributed by atoms with Crippen LogP contribution in [0.1, 0.15) is 0 Å². The molecule has 0 aliphatic rings. The van der Waals surface area contributed by atoms with Crippen LogP contribution in [0.4, 0.5) is 0 Å². The van der Waals surface area contributed by atoms with Crippen LogP contribution in [0.15, 0.2) is 197 Å². The lowest BCUT2D eigenvalue weighted by atomic mass is 10.2. The predicted molar refractivity (Wildman–Crippen MR) is 168 cm³/mol. The first-order valence-electron chi connectivity index (χ1n) is 13.4. The molecule has 0 aromatic heterocycles. The van der Waals surface area contributed by atoms with Gasteiger partial charge >= 0.3 is 7.32 Å². The molecule has 6 rings (SSSR count). The first-order chi connectivity index (χ1) is 20.3. The summed E-state index contributed by atoms with van der Waals surface area (Å²) < 4.78 is 17.3. The fraction of sp³-hybridized carbons (Fsp3) is 0. The maximum absolute atomic E-state index is 5.78. The first-order valence-corrected chi connectivity index (χ1v) is 14.6. The van der Waals surface area contributed by atoms with Crippen molar-refractivity contribution in [3.8, 4) is 17.2 Å². The third kappa shape index (κ3) is 8.56. The van der Waals surface area contributed by atoms with E-state index in [1.165, 1.54) is 14.7 Å². The summed E-state index contributed by atoms with van der Waals surface area (Å²) in [5.74, 6) is 2.04. The van der Waals surface area contributed by atoms with E-state index in [9.17, 15) is 0 Å². The second-order valence-electron chi connectivity index (χ2n) is 8.83. The van der Waals surface area contributed by atoms with Crippen molar-refractivity contribution >= 4 is 18.2 Å². The lowest BCUT2D eigenvalue weighted by Crippen LogP contribution is -2.36. The summed E-state index contributed by atoms with van der Waals surface area (Å²) in [6, 6.07) is 60.5. The molecule has 0 aliphatic carbocycles. The van der Waals surface area contributed by atoms with E-state index in [1.807, 2.05) is 91.0 Å². The van der Waals surface area contributed by atoms with Crippen molar-refractivity contribution in [2.24, 2.45) is 0 Å². The van der Waals surface area contributed by atoms with E-state index >= 15 is 0 Å². The van der Waals surface area contributed by atoms with Gasteiger partial charge in [-0.15, -0.1) is 0 Å². The number of hydrogen-bond donors (Lipinski definition) is 0. The molecule has 0 radical (unpaired) electrons. The van der Waals surface area contributed by atoms with Crippen LogP contribution in [-0.4, -0.2) is 7.32 Å². The van der Waals surface area contributed by atoms with Gasteiger partial charge in [0.15, 0.2) is 14.7 Å². The molecule has 0 spiro atoms. The fourth-order valence-corrected chi connectivity index (χ4v) is 6.09. The molecule has 41 heavy (non-hydrogen) atoms. The Hall–Kier alpha value is -4.87. The summed E-state index contributed by atoms with van der Waals surface area (Å²) in [6.07, 6.45) is 0. The van der Waals surface area contributed by atoms with Crippen LogP contribution < -0.4 is 14.0 Å². The zero-order chi connectivity index (χ0) is 28.0. The van der Waals surface area contributed by atoms with Crippen LogP contribution in [0.25, 0.3) is 0 Å². The molecule has 0 amide bonds. The van der Waals surface area contributed by atoms with Crippen LogP contribution >= 0.6 is 0 Å². The Morgan fingerprint density at radius 1 is 0.293 bits per heavy atom. The lowest BCUT2D eigenvalue weighted by Gasteiger charge is -2.16. The normalized spacial score (nSPS) is 10.2. The van der Waals surface area contributed by atoms with Crippen molar-refractivity contribution < 1.29 is 14.0 Å². The molecule has 0 bridgehead atoms. The molecular formula is C36H30BO3S+. The van der Waals surface area contributed by atoms with E-state index < -0.39 is 7.32 Å². The van der Waals surface area contributed by atoms with E-state index in [1.54, 1.807) is 0 Å². The van der Waals surface area contributed by atoms with E-state index in [-0.39, 0.29) is 10.9 Å². The van der Waals surface area contributed by atoms with Crippen LogP contribution in [0.5, 0.6) is 17.2 Å². The molecule has 0 saturated carbocycles. The summed E-state index contributed by atoms with van der Waals surface area (Å²) in [7, 11) is -0.883. The summed E-state index contributed by atoms with van der Waals surface area (Å²) >= 11 is 0. The average Bonchev–Trinajstić information content (AvgIpc) is 3.05. The molecular weight excluding hydrogens is 523 g/mol. The Kier molecular flexibility index (Phi) is 10.2. The number of para-hydroxylation sites is 3. The summed E-state index contributed by atoms with van der Waals surface area (Å²) in [4.78, 5) is 4.08. The second-order valence-corrected chi connectivity index (χ2v) is 10.9.